The lowest BCUT2D eigenvalue weighted by atomic mass is 9.33. The summed E-state index contributed by atoms with van der Waals surface area (Å²) in [6.45, 7) is 28.3. The zero-order valence-electron chi connectivity index (χ0n) is 50.7. The molecule has 0 spiro atoms. The molecule has 0 bridgehead atoms. The molecule has 0 unspecified atom stereocenters. The lowest BCUT2D eigenvalue weighted by molar-refractivity contribution is 0.568. The van der Waals surface area contributed by atoms with E-state index in [2.05, 4.69) is 316 Å². The van der Waals surface area contributed by atoms with Gasteiger partial charge in [-0.05, 0) is 189 Å². The van der Waals surface area contributed by atoms with Gasteiger partial charge in [0.1, 0.15) is 0 Å². The highest BCUT2D eigenvalue weighted by Gasteiger charge is 2.46. The van der Waals surface area contributed by atoms with Gasteiger partial charge >= 0.3 is 0 Å². The van der Waals surface area contributed by atoms with Crippen LogP contribution in [0.5, 0.6) is 0 Å². The number of benzene rings is 12. The van der Waals surface area contributed by atoms with Crippen molar-refractivity contribution in [3.8, 4) is 16.8 Å². The predicted octanol–water partition coefficient (Wildman–Crippen LogP) is 20.3. The normalized spacial score (nSPS) is 13.6. The summed E-state index contributed by atoms with van der Waals surface area (Å²) in [5.74, 6) is 0. The van der Waals surface area contributed by atoms with Gasteiger partial charge in [0, 0.05) is 61.4 Å². The maximum atomic E-state index is 2.71. The van der Waals surface area contributed by atoms with Crippen LogP contribution >= 0.6 is 0 Å². The van der Waals surface area contributed by atoms with Crippen LogP contribution in [0.25, 0.3) is 81.7 Å². The maximum Gasteiger partial charge on any atom is 0.252 e. The fraction of sp³-hybridized carbons (Fsp3) is 0.200. The van der Waals surface area contributed by atoms with Crippen molar-refractivity contribution in [2.24, 2.45) is 0 Å². The smallest absolute Gasteiger partial charge is 0.252 e. The third-order valence-corrected chi connectivity index (χ3v) is 18.6. The van der Waals surface area contributed by atoms with Crippen LogP contribution in [-0.2, 0) is 21.7 Å². The molecule has 3 nitrogen and oxygen atoms in total. The van der Waals surface area contributed by atoms with Gasteiger partial charge in [0.25, 0.3) is 6.71 Å². The van der Waals surface area contributed by atoms with E-state index >= 15 is 0 Å². The molecular weight excluding hydrogens is 1010 g/mol. The molecule has 84 heavy (non-hydrogen) atoms. The lowest BCUT2D eigenvalue weighted by Gasteiger charge is -2.46. The van der Waals surface area contributed by atoms with E-state index in [-0.39, 0.29) is 28.4 Å². The van der Waals surface area contributed by atoms with Gasteiger partial charge < -0.3 is 14.4 Å². The van der Waals surface area contributed by atoms with Crippen molar-refractivity contribution >= 4 is 122 Å². The van der Waals surface area contributed by atoms with Crippen molar-refractivity contribution in [1.82, 2.24) is 4.57 Å². The Morgan fingerprint density at radius 3 is 1.17 bits per heavy atom. The van der Waals surface area contributed by atoms with E-state index in [1.165, 1.54) is 149 Å². The van der Waals surface area contributed by atoms with Gasteiger partial charge in [0.2, 0.25) is 0 Å². The molecular formula is C80H72BN3. The Labute approximate surface area is 495 Å². The van der Waals surface area contributed by atoms with Crippen LogP contribution < -0.4 is 26.2 Å². The number of hydrogen-bond acceptors (Lipinski definition) is 2. The van der Waals surface area contributed by atoms with Gasteiger partial charge in [-0.2, -0.15) is 0 Å². The largest absolute Gasteiger partial charge is 0.311 e. The zero-order chi connectivity index (χ0) is 57.9. The van der Waals surface area contributed by atoms with Gasteiger partial charge in [-0.15, -0.1) is 0 Å². The van der Waals surface area contributed by atoms with Crippen LogP contribution in [0.3, 0.4) is 0 Å². The Bertz CT molecular complexity index is 4600. The molecule has 0 saturated carbocycles. The van der Waals surface area contributed by atoms with Crippen molar-refractivity contribution in [3.05, 3.63) is 241 Å². The highest BCUT2D eigenvalue weighted by molar-refractivity contribution is 7.00. The number of hydrogen-bond donors (Lipinski definition) is 0. The molecule has 13 aromatic rings. The molecule has 4 heteroatoms. The van der Waals surface area contributed by atoms with Gasteiger partial charge in [0.05, 0.1) is 11.0 Å². The summed E-state index contributed by atoms with van der Waals surface area (Å²) in [4.78, 5) is 5.41. The number of fused-ring (bicyclic) bond motifs is 13. The molecule has 12 aromatic carbocycles. The van der Waals surface area contributed by atoms with E-state index in [4.69, 9.17) is 0 Å². The maximum absolute atomic E-state index is 2.71. The standard InChI is InChI=1S/C80H72BN3/c1-77(2,3)57-43-58(78(4,5)6)46-62(45-57)83-72-41-56(53-30-33-65-64-28-20-21-29-70(64)82(71(65)40-53)61-26-14-13-15-27-61)42-73-74(72)81(68-34-31-54-36-49-22-16-18-24-51(49)38-66(54)75(68)83)69-35-32-55-37-50-23-17-19-25-52(50)39-67(55)76(69)84(73)63-47-59(79(7,8)9)44-60(48-63)80(10,11)12/h13-48H,1-12H3. The molecule has 1 aromatic heterocycles. The summed E-state index contributed by atoms with van der Waals surface area (Å²) < 4.78 is 2.46. The van der Waals surface area contributed by atoms with Crippen molar-refractivity contribution in [1.29, 1.82) is 0 Å². The van der Waals surface area contributed by atoms with Crippen molar-refractivity contribution < 1.29 is 0 Å². The number of para-hydroxylation sites is 2. The lowest BCUT2D eigenvalue weighted by Crippen LogP contribution is -2.61. The molecule has 2 aliphatic rings. The number of aromatic nitrogens is 1. The highest BCUT2D eigenvalue weighted by atomic mass is 15.2. The first-order valence-electron chi connectivity index (χ1n) is 30.3. The second-order valence-electron chi connectivity index (χ2n) is 28.3. The SMILES string of the molecule is CC(C)(C)c1cc(N2c3cc(-c4ccc5c6ccccc6n(-c6ccccc6)c5c4)cc4c3B(c3ccc5cc6ccccc6cc5c32)c2ccc3cc5ccccc5cc3c2N4c2cc(C(C)(C)C)cc(C(C)(C)C)c2)cc(C(C)(C)C)c1. The van der Waals surface area contributed by atoms with E-state index in [0.717, 1.165) is 5.69 Å². The first kappa shape index (κ1) is 52.0. The summed E-state index contributed by atoms with van der Waals surface area (Å²) >= 11 is 0. The summed E-state index contributed by atoms with van der Waals surface area (Å²) in [6, 6.07) is 84.5. The predicted molar refractivity (Wildman–Crippen MR) is 365 cm³/mol. The van der Waals surface area contributed by atoms with Crippen molar-refractivity contribution in [2.75, 3.05) is 9.80 Å². The first-order valence-corrected chi connectivity index (χ1v) is 30.3. The summed E-state index contributed by atoms with van der Waals surface area (Å²) in [6.07, 6.45) is 0. The Balaban J connectivity index is 1.14. The Kier molecular flexibility index (Phi) is 11.3. The van der Waals surface area contributed by atoms with Crippen LogP contribution in [0.1, 0.15) is 105 Å². The van der Waals surface area contributed by atoms with E-state index in [1.54, 1.807) is 0 Å². The number of anilines is 6. The van der Waals surface area contributed by atoms with Crippen LogP contribution in [0.15, 0.2) is 218 Å². The minimum atomic E-state index is -0.121. The Hall–Kier alpha value is -8.86. The molecule has 15 rings (SSSR count). The van der Waals surface area contributed by atoms with Crippen molar-refractivity contribution in [3.63, 3.8) is 0 Å². The van der Waals surface area contributed by atoms with Gasteiger partial charge in [-0.1, -0.05) is 217 Å². The fourth-order valence-corrected chi connectivity index (χ4v) is 13.9. The molecule has 0 atom stereocenters. The number of nitrogens with zero attached hydrogens (tertiary/aromatic N) is 3. The first-order chi connectivity index (χ1) is 40.2. The average molecular weight is 1090 g/mol. The molecule has 0 aliphatic carbocycles. The van der Waals surface area contributed by atoms with E-state index < -0.39 is 0 Å². The monoisotopic (exact) mass is 1090 g/mol. The van der Waals surface area contributed by atoms with Crippen molar-refractivity contribution in [2.45, 2.75) is 105 Å². The third-order valence-electron chi connectivity index (χ3n) is 18.6. The number of rotatable bonds is 4. The van der Waals surface area contributed by atoms with Crippen LogP contribution in [-0.4, -0.2) is 11.3 Å². The summed E-state index contributed by atoms with van der Waals surface area (Å²) in [5.41, 5.74) is 21.9. The molecule has 2 aliphatic heterocycles. The van der Waals surface area contributed by atoms with E-state index in [9.17, 15) is 0 Å². The van der Waals surface area contributed by atoms with Crippen LogP contribution in [0.4, 0.5) is 34.1 Å². The summed E-state index contributed by atoms with van der Waals surface area (Å²) in [5, 5.41) is 12.4. The quantitative estimate of drug-likeness (QED) is 0.129. The summed E-state index contributed by atoms with van der Waals surface area (Å²) in [7, 11) is 0. The highest BCUT2D eigenvalue weighted by Crippen LogP contribution is 2.52. The van der Waals surface area contributed by atoms with Gasteiger partial charge in [-0.3, -0.25) is 0 Å². The zero-order valence-corrected chi connectivity index (χ0v) is 50.7. The second-order valence-corrected chi connectivity index (χ2v) is 28.3. The minimum absolute atomic E-state index is 0.114. The second kappa shape index (κ2) is 18.3. The van der Waals surface area contributed by atoms with E-state index in [0.29, 0.717) is 0 Å². The molecule has 0 amide bonds. The minimum Gasteiger partial charge on any atom is -0.311 e. The third kappa shape index (κ3) is 8.22. The molecule has 0 radical (unpaired) electrons. The van der Waals surface area contributed by atoms with Gasteiger partial charge in [0.15, 0.2) is 0 Å². The van der Waals surface area contributed by atoms with Crippen LogP contribution in [0, 0.1) is 0 Å². The molecule has 410 valence electrons. The molecule has 3 heterocycles. The van der Waals surface area contributed by atoms with Gasteiger partial charge in [-0.25, -0.2) is 0 Å². The molecule has 0 N–H and O–H groups in total. The fourth-order valence-electron chi connectivity index (χ4n) is 13.9. The van der Waals surface area contributed by atoms with E-state index in [1.807, 2.05) is 0 Å². The molecule has 0 fully saturated rings. The Morgan fingerprint density at radius 2 is 0.702 bits per heavy atom. The Morgan fingerprint density at radius 1 is 0.286 bits per heavy atom. The average Bonchev–Trinajstić information content (AvgIpc) is 0.826. The topological polar surface area (TPSA) is 11.4 Å². The molecule has 0 saturated heterocycles. The van der Waals surface area contributed by atoms with Crippen LogP contribution in [0.2, 0.25) is 0 Å².